The molecule has 2 N–H and O–H groups in total. The third kappa shape index (κ3) is 3.39. The van der Waals surface area contributed by atoms with E-state index in [4.69, 9.17) is 0 Å². The molecule has 0 fully saturated rings. The molecule has 0 atom stereocenters. The lowest BCUT2D eigenvalue weighted by Gasteiger charge is -2.30. The van der Waals surface area contributed by atoms with Crippen LogP contribution in [0, 0.1) is 0 Å². The molecule has 1 aromatic heterocycles. The Morgan fingerprint density at radius 1 is 1.04 bits per heavy atom. The number of nitrogens with one attached hydrogen (secondary N) is 2. The van der Waals surface area contributed by atoms with Crippen molar-refractivity contribution >= 4 is 27.0 Å². The Morgan fingerprint density at radius 3 is 2.62 bits per heavy atom. The van der Waals surface area contributed by atoms with Crippen molar-refractivity contribution < 1.29 is 0 Å². The lowest BCUT2D eigenvalue weighted by Crippen LogP contribution is -2.34. The fourth-order valence-electron chi connectivity index (χ4n) is 3.70. The molecule has 0 amide bonds. The minimum atomic E-state index is -0.609. The van der Waals surface area contributed by atoms with Gasteiger partial charge in [0.2, 0.25) is 0 Å². The highest BCUT2D eigenvalue weighted by molar-refractivity contribution is 9.10. The number of halogens is 1. The number of H-pyrrole nitrogens is 2. The van der Waals surface area contributed by atoms with E-state index in [1.165, 1.54) is 11.1 Å². The lowest BCUT2D eigenvalue weighted by molar-refractivity contribution is 0.251. The molecule has 2 heterocycles. The average Bonchev–Trinajstić information content (AvgIpc) is 2.65. The molecule has 134 valence electrons. The van der Waals surface area contributed by atoms with E-state index in [-0.39, 0.29) is 0 Å². The minimum Gasteiger partial charge on any atom is -0.316 e. The SMILES string of the molecule is O=c1[nH]c2cc(Br)c3c(c2[nH]c1=O)CCN(CCCc1ccccc1)C3. The predicted octanol–water partition coefficient (Wildman–Crippen LogP) is 2.97. The highest BCUT2D eigenvalue weighted by atomic mass is 79.9. The molecule has 1 aliphatic rings. The summed E-state index contributed by atoms with van der Waals surface area (Å²) in [5, 5.41) is 0. The van der Waals surface area contributed by atoms with E-state index in [9.17, 15) is 9.59 Å². The second-order valence-electron chi connectivity index (χ2n) is 6.76. The molecular weight excluding hydrogens is 394 g/mol. The van der Waals surface area contributed by atoms with Crippen LogP contribution >= 0.6 is 15.9 Å². The molecule has 0 aliphatic carbocycles. The molecular formula is C20H20BrN3O2. The van der Waals surface area contributed by atoms with E-state index in [1.54, 1.807) is 0 Å². The Labute approximate surface area is 159 Å². The largest absolute Gasteiger partial charge is 0.316 e. The molecule has 0 bridgehead atoms. The molecule has 3 aromatic rings. The van der Waals surface area contributed by atoms with Gasteiger partial charge in [-0.25, -0.2) is 0 Å². The topological polar surface area (TPSA) is 69.0 Å². The van der Waals surface area contributed by atoms with Crippen LogP contribution in [0.2, 0.25) is 0 Å². The van der Waals surface area contributed by atoms with E-state index in [2.05, 4.69) is 55.1 Å². The van der Waals surface area contributed by atoms with Crippen molar-refractivity contribution in [1.82, 2.24) is 14.9 Å². The summed E-state index contributed by atoms with van der Waals surface area (Å²) in [5.74, 6) is 0. The van der Waals surface area contributed by atoms with Gasteiger partial charge in [-0.15, -0.1) is 0 Å². The zero-order valence-electron chi connectivity index (χ0n) is 14.3. The van der Waals surface area contributed by atoms with Gasteiger partial charge in [-0.05, 0) is 48.6 Å². The van der Waals surface area contributed by atoms with E-state index >= 15 is 0 Å². The standard InChI is InChI=1S/C20H20BrN3O2/c21-16-11-17-18(23-20(26)19(25)22-17)14-8-10-24(12-15(14)16)9-4-7-13-5-2-1-3-6-13/h1-3,5-6,11H,4,7-10,12H2,(H,22,25)(H,23,26). The maximum Gasteiger partial charge on any atom is 0.314 e. The number of benzene rings is 2. The van der Waals surface area contributed by atoms with Crippen LogP contribution in [-0.4, -0.2) is 28.0 Å². The maximum atomic E-state index is 11.7. The Morgan fingerprint density at radius 2 is 1.81 bits per heavy atom. The van der Waals surface area contributed by atoms with Crippen molar-refractivity contribution in [1.29, 1.82) is 0 Å². The van der Waals surface area contributed by atoms with Crippen LogP contribution in [0.25, 0.3) is 11.0 Å². The first-order valence-corrected chi connectivity index (χ1v) is 9.64. The molecule has 0 radical (unpaired) electrons. The van der Waals surface area contributed by atoms with Crippen molar-refractivity contribution in [3.8, 4) is 0 Å². The van der Waals surface area contributed by atoms with E-state index in [0.29, 0.717) is 5.52 Å². The molecule has 26 heavy (non-hydrogen) atoms. The highest BCUT2D eigenvalue weighted by Gasteiger charge is 2.21. The molecule has 2 aromatic carbocycles. The van der Waals surface area contributed by atoms with Crippen LogP contribution in [0.15, 0.2) is 50.5 Å². The third-order valence-corrected chi connectivity index (χ3v) is 5.74. The van der Waals surface area contributed by atoms with Crippen LogP contribution < -0.4 is 11.1 Å². The smallest absolute Gasteiger partial charge is 0.314 e. The van der Waals surface area contributed by atoms with Crippen LogP contribution in [0.3, 0.4) is 0 Å². The average molecular weight is 414 g/mol. The van der Waals surface area contributed by atoms with E-state index < -0.39 is 11.1 Å². The van der Waals surface area contributed by atoms with Gasteiger partial charge in [0.15, 0.2) is 0 Å². The van der Waals surface area contributed by atoms with Gasteiger partial charge in [-0.3, -0.25) is 14.5 Å². The number of aryl methyl sites for hydroxylation is 1. The summed E-state index contributed by atoms with van der Waals surface area (Å²) in [6.45, 7) is 2.84. The summed E-state index contributed by atoms with van der Waals surface area (Å²) < 4.78 is 0.982. The van der Waals surface area contributed by atoms with Crippen LogP contribution in [0.5, 0.6) is 0 Å². The monoisotopic (exact) mass is 413 g/mol. The van der Waals surface area contributed by atoms with Gasteiger partial charge in [0.25, 0.3) is 0 Å². The summed E-state index contributed by atoms with van der Waals surface area (Å²) in [5.41, 5.74) is 3.94. The van der Waals surface area contributed by atoms with Crippen molar-refractivity contribution in [3.05, 3.63) is 78.3 Å². The van der Waals surface area contributed by atoms with Gasteiger partial charge in [-0.2, -0.15) is 0 Å². The second-order valence-corrected chi connectivity index (χ2v) is 7.62. The maximum absolute atomic E-state index is 11.7. The number of aromatic amines is 2. The molecule has 0 unspecified atom stereocenters. The van der Waals surface area contributed by atoms with Gasteiger partial charge in [0, 0.05) is 17.6 Å². The summed E-state index contributed by atoms with van der Waals surface area (Å²) in [4.78, 5) is 31.2. The normalized spacial score (nSPS) is 14.5. The number of fused-ring (bicyclic) bond motifs is 3. The van der Waals surface area contributed by atoms with E-state index in [0.717, 1.165) is 54.4 Å². The quantitative estimate of drug-likeness (QED) is 0.645. The second kappa shape index (κ2) is 7.21. The number of rotatable bonds is 4. The summed E-state index contributed by atoms with van der Waals surface area (Å²) in [7, 11) is 0. The number of hydrogen-bond acceptors (Lipinski definition) is 3. The molecule has 0 saturated carbocycles. The minimum absolute atomic E-state index is 0.590. The first-order valence-electron chi connectivity index (χ1n) is 8.84. The van der Waals surface area contributed by atoms with Gasteiger partial charge in [0.1, 0.15) is 0 Å². The highest BCUT2D eigenvalue weighted by Crippen LogP contribution is 2.31. The molecule has 0 spiro atoms. The number of aromatic nitrogens is 2. The van der Waals surface area contributed by atoms with Crippen LogP contribution in [0.1, 0.15) is 23.1 Å². The van der Waals surface area contributed by atoms with Gasteiger partial charge >= 0.3 is 11.1 Å². The van der Waals surface area contributed by atoms with Gasteiger partial charge in [0.05, 0.1) is 11.0 Å². The van der Waals surface area contributed by atoms with Crippen LogP contribution in [-0.2, 0) is 19.4 Å². The number of hydrogen-bond donors (Lipinski definition) is 2. The zero-order chi connectivity index (χ0) is 18.1. The van der Waals surface area contributed by atoms with Gasteiger partial charge in [-0.1, -0.05) is 46.3 Å². The van der Waals surface area contributed by atoms with Crippen molar-refractivity contribution in [2.45, 2.75) is 25.8 Å². The Hall–Kier alpha value is -2.18. The van der Waals surface area contributed by atoms with Crippen molar-refractivity contribution in [2.75, 3.05) is 13.1 Å². The number of nitrogens with zero attached hydrogens (tertiary/aromatic N) is 1. The summed E-state index contributed by atoms with van der Waals surface area (Å²) in [6.07, 6.45) is 3.06. The van der Waals surface area contributed by atoms with E-state index in [1.807, 2.05) is 12.1 Å². The first-order chi connectivity index (χ1) is 12.6. The third-order valence-electron chi connectivity index (χ3n) is 5.03. The molecule has 5 nitrogen and oxygen atoms in total. The Bertz CT molecular complexity index is 1060. The molecule has 0 saturated heterocycles. The Kier molecular flexibility index (Phi) is 4.78. The molecule has 1 aliphatic heterocycles. The van der Waals surface area contributed by atoms with Gasteiger partial charge < -0.3 is 9.97 Å². The fraction of sp³-hybridized carbons (Fsp3) is 0.300. The fourth-order valence-corrected chi connectivity index (χ4v) is 4.29. The first kappa shape index (κ1) is 17.2. The van der Waals surface area contributed by atoms with Crippen LogP contribution in [0.4, 0.5) is 0 Å². The summed E-state index contributed by atoms with van der Waals surface area (Å²) >= 11 is 3.64. The molecule has 6 heteroatoms. The predicted molar refractivity (Wildman–Crippen MR) is 107 cm³/mol. The zero-order valence-corrected chi connectivity index (χ0v) is 15.9. The molecule has 4 rings (SSSR count). The summed E-state index contributed by atoms with van der Waals surface area (Å²) in [6, 6.07) is 12.4. The Balaban J connectivity index is 1.53. The van der Waals surface area contributed by atoms with Crippen molar-refractivity contribution in [2.24, 2.45) is 0 Å². The lowest BCUT2D eigenvalue weighted by atomic mass is 9.97. The van der Waals surface area contributed by atoms with Crippen molar-refractivity contribution in [3.63, 3.8) is 0 Å².